The van der Waals surface area contributed by atoms with Gasteiger partial charge in [-0.05, 0) is 43.8 Å². The molecule has 0 saturated carbocycles. The zero-order valence-corrected chi connectivity index (χ0v) is 10.8. The molecule has 0 radical (unpaired) electrons. The van der Waals surface area contributed by atoms with Gasteiger partial charge in [0.25, 0.3) is 0 Å². The van der Waals surface area contributed by atoms with Crippen LogP contribution in [0.3, 0.4) is 0 Å². The first-order valence-corrected chi connectivity index (χ1v) is 6.08. The molecule has 106 valence electrons. The van der Waals surface area contributed by atoms with Gasteiger partial charge >= 0.3 is 0 Å². The Kier molecular flexibility index (Phi) is 4.39. The molecule has 1 atom stereocenters. The average molecular weight is 283 g/mol. The minimum absolute atomic E-state index is 0.0372. The maximum absolute atomic E-state index is 13.7. The van der Waals surface area contributed by atoms with E-state index in [1.54, 1.807) is 0 Å². The van der Waals surface area contributed by atoms with Crippen molar-refractivity contribution < 1.29 is 17.6 Å². The van der Waals surface area contributed by atoms with Crippen molar-refractivity contribution in [3.8, 4) is 0 Å². The normalized spacial score (nSPS) is 12.4. The van der Waals surface area contributed by atoms with Gasteiger partial charge < -0.3 is 5.32 Å². The van der Waals surface area contributed by atoms with Gasteiger partial charge in [-0.1, -0.05) is 6.07 Å². The molecule has 0 aliphatic rings. The van der Waals surface area contributed by atoms with Crippen molar-refractivity contribution in [3.63, 3.8) is 0 Å². The molecule has 1 nitrogen and oxygen atoms in total. The van der Waals surface area contributed by atoms with Crippen molar-refractivity contribution in [1.29, 1.82) is 0 Å². The van der Waals surface area contributed by atoms with E-state index in [0.29, 0.717) is 0 Å². The van der Waals surface area contributed by atoms with Gasteiger partial charge in [0.05, 0.1) is 0 Å². The lowest BCUT2D eigenvalue weighted by atomic mass is 9.97. The van der Waals surface area contributed by atoms with Gasteiger partial charge in [-0.3, -0.25) is 0 Å². The second-order valence-corrected chi connectivity index (χ2v) is 4.41. The maximum atomic E-state index is 13.7. The van der Waals surface area contributed by atoms with Crippen molar-refractivity contribution in [2.45, 2.75) is 12.5 Å². The number of halogens is 4. The summed E-state index contributed by atoms with van der Waals surface area (Å²) in [4.78, 5) is 0. The van der Waals surface area contributed by atoms with Crippen molar-refractivity contribution >= 4 is 0 Å². The predicted octanol–water partition coefficient (Wildman–Crippen LogP) is 3.75. The highest BCUT2D eigenvalue weighted by Gasteiger charge is 2.19. The second-order valence-electron chi connectivity index (χ2n) is 4.41. The van der Waals surface area contributed by atoms with Crippen molar-refractivity contribution in [3.05, 3.63) is 70.8 Å². The van der Waals surface area contributed by atoms with Crippen LogP contribution in [0, 0.1) is 23.3 Å². The first kappa shape index (κ1) is 14.5. The number of benzene rings is 2. The Morgan fingerprint density at radius 3 is 2.20 bits per heavy atom. The molecule has 2 aromatic carbocycles. The van der Waals surface area contributed by atoms with E-state index in [4.69, 9.17) is 0 Å². The van der Waals surface area contributed by atoms with Crippen LogP contribution in [-0.2, 0) is 6.42 Å². The monoisotopic (exact) mass is 283 g/mol. The quantitative estimate of drug-likeness (QED) is 0.843. The Bertz CT molecular complexity index is 593. The number of rotatable bonds is 4. The molecular weight excluding hydrogens is 270 g/mol. The molecule has 0 aromatic heterocycles. The molecule has 5 heteroatoms. The van der Waals surface area contributed by atoms with E-state index in [1.807, 2.05) is 0 Å². The summed E-state index contributed by atoms with van der Waals surface area (Å²) in [5.74, 6) is -2.64. The van der Waals surface area contributed by atoms with Crippen LogP contribution in [0.5, 0.6) is 0 Å². The summed E-state index contributed by atoms with van der Waals surface area (Å²) in [5, 5.41) is 2.75. The molecule has 0 bridgehead atoms. The van der Waals surface area contributed by atoms with E-state index in [0.717, 1.165) is 30.3 Å². The Morgan fingerprint density at radius 2 is 1.60 bits per heavy atom. The lowest BCUT2D eigenvalue weighted by Crippen LogP contribution is -2.21. The van der Waals surface area contributed by atoms with Gasteiger partial charge in [0.1, 0.15) is 23.3 Å². The molecule has 2 rings (SSSR count). The van der Waals surface area contributed by atoms with Gasteiger partial charge in [-0.15, -0.1) is 0 Å². The summed E-state index contributed by atoms with van der Waals surface area (Å²) in [6.07, 6.45) is -0.116. The van der Waals surface area contributed by atoms with Gasteiger partial charge in [-0.25, -0.2) is 17.6 Å². The molecule has 0 aliphatic carbocycles. The molecule has 0 saturated heterocycles. The summed E-state index contributed by atoms with van der Waals surface area (Å²) < 4.78 is 54.1. The zero-order chi connectivity index (χ0) is 14.7. The fourth-order valence-corrected chi connectivity index (χ4v) is 2.08. The largest absolute Gasteiger partial charge is 0.313 e. The molecule has 0 heterocycles. The molecule has 1 N–H and O–H groups in total. The van der Waals surface area contributed by atoms with Crippen LogP contribution in [0.2, 0.25) is 0 Å². The second kappa shape index (κ2) is 6.05. The number of hydrogen-bond donors (Lipinski definition) is 1. The van der Waals surface area contributed by atoms with Crippen LogP contribution in [0.1, 0.15) is 17.2 Å². The van der Waals surface area contributed by atoms with Crippen LogP contribution in [0.25, 0.3) is 0 Å². The standard InChI is InChI=1S/C15H13F4N/c1-20-15(11-7-9(16)5-6-14(11)19)8-10-12(17)3-2-4-13(10)18/h2-7,15,20H,8H2,1H3. The zero-order valence-electron chi connectivity index (χ0n) is 10.8. The fourth-order valence-electron chi connectivity index (χ4n) is 2.08. The SMILES string of the molecule is CNC(Cc1c(F)cccc1F)c1cc(F)ccc1F. The summed E-state index contributed by atoms with van der Waals surface area (Å²) in [7, 11) is 1.52. The summed E-state index contributed by atoms with van der Waals surface area (Å²) in [6.45, 7) is 0. The van der Waals surface area contributed by atoms with Crippen molar-refractivity contribution in [2.24, 2.45) is 0 Å². The number of nitrogens with one attached hydrogen (secondary N) is 1. The maximum Gasteiger partial charge on any atom is 0.129 e. The highest BCUT2D eigenvalue weighted by Crippen LogP contribution is 2.24. The lowest BCUT2D eigenvalue weighted by Gasteiger charge is -2.18. The first-order valence-electron chi connectivity index (χ1n) is 6.08. The van der Waals surface area contributed by atoms with E-state index in [1.165, 1.54) is 13.1 Å². The fraction of sp³-hybridized carbons (Fsp3) is 0.200. The number of likely N-dealkylation sites (N-methyl/N-ethyl adjacent to an activating group) is 1. The summed E-state index contributed by atoms with van der Waals surface area (Å²) in [5.41, 5.74) is -0.120. The molecule has 0 spiro atoms. The third-order valence-electron chi connectivity index (χ3n) is 3.15. The van der Waals surface area contributed by atoms with Crippen LogP contribution in [-0.4, -0.2) is 7.05 Å². The van der Waals surface area contributed by atoms with Crippen LogP contribution in [0.15, 0.2) is 36.4 Å². The average Bonchev–Trinajstić information content (AvgIpc) is 2.42. The molecular formula is C15H13F4N. The van der Waals surface area contributed by atoms with Crippen molar-refractivity contribution in [1.82, 2.24) is 5.32 Å². The van der Waals surface area contributed by atoms with Gasteiger partial charge in [0.2, 0.25) is 0 Å². The number of hydrogen-bond acceptors (Lipinski definition) is 1. The van der Waals surface area contributed by atoms with E-state index < -0.39 is 29.3 Å². The third-order valence-corrected chi connectivity index (χ3v) is 3.15. The smallest absolute Gasteiger partial charge is 0.129 e. The Balaban J connectivity index is 2.36. The molecule has 0 amide bonds. The minimum atomic E-state index is -0.725. The van der Waals surface area contributed by atoms with Crippen molar-refractivity contribution in [2.75, 3.05) is 7.05 Å². The van der Waals surface area contributed by atoms with Crippen LogP contribution in [0.4, 0.5) is 17.6 Å². The van der Waals surface area contributed by atoms with Gasteiger partial charge in [0, 0.05) is 17.2 Å². The highest BCUT2D eigenvalue weighted by atomic mass is 19.1. The van der Waals surface area contributed by atoms with Crippen LogP contribution < -0.4 is 5.32 Å². The molecule has 1 unspecified atom stereocenters. The molecule has 0 aliphatic heterocycles. The van der Waals surface area contributed by atoms with E-state index in [-0.39, 0.29) is 17.5 Å². The Hall–Kier alpha value is -1.88. The summed E-state index contributed by atoms with van der Waals surface area (Å²) in [6, 6.07) is 5.81. The third kappa shape index (κ3) is 2.99. The topological polar surface area (TPSA) is 12.0 Å². The first-order chi connectivity index (χ1) is 9.52. The van der Waals surface area contributed by atoms with E-state index in [9.17, 15) is 17.6 Å². The van der Waals surface area contributed by atoms with E-state index >= 15 is 0 Å². The van der Waals surface area contributed by atoms with Gasteiger partial charge in [0.15, 0.2) is 0 Å². The Morgan fingerprint density at radius 1 is 0.950 bits per heavy atom. The predicted molar refractivity (Wildman–Crippen MR) is 68.2 cm³/mol. The highest BCUT2D eigenvalue weighted by molar-refractivity contribution is 5.27. The molecule has 20 heavy (non-hydrogen) atoms. The molecule has 0 fully saturated rings. The van der Waals surface area contributed by atoms with E-state index in [2.05, 4.69) is 5.32 Å². The Labute approximate surface area is 114 Å². The lowest BCUT2D eigenvalue weighted by molar-refractivity contribution is 0.492. The minimum Gasteiger partial charge on any atom is -0.313 e. The van der Waals surface area contributed by atoms with Crippen LogP contribution >= 0.6 is 0 Å². The summed E-state index contributed by atoms with van der Waals surface area (Å²) >= 11 is 0. The molecule has 2 aromatic rings. The van der Waals surface area contributed by atoms with Gasteiger partial charge in [-0.2, -0.15) is 0 Å².